The minimum atomic E-state index is -1.05. The molecule has 0 spiro atoms. The fraction of sp³-hybridized carbons (Fsp3) is 0.0769. The molecule has 0 radical (unpaired) electrons. The number of rotatable bonds is 3. The van der Waals surface area contributed by atoms with Crippen molar-refractivity contribution >= 4 is 27.4 Å². The van der Waals surface area contributed by atoms with Crippen molar-refractivity contribution in [1.82, 2.24) is 4.57 Å². The maximum absolute atomic E-state index is 12.1. The Morgan fingerprint density at radius 2 is 2.26 bits per heavy atom. The largest absolute Gasteiger partial charge is 0.478 e. The summed E-state index contributed by atoms with van der Waals surface area (Å²) in [6.45, 7) is 0.220. The standard InChI is InChI=1S/C13H9NO4S/c15-12-10-2-4-19-11(10)1-3-14(12)6-9-5-8(7-18-9)13(16)17/h1-5,7H,6H2,(H,16,17). The highest BCUT2D eigenvalue weighted by Crippen LogP contribution is 2.17. The molecule has 0 aliphatic carbocycles. The van der Waals surface area contributed by atoms with E-state index in [1.54, 1.807) is 12.3 Å². The van der Waals surface area contributed by atoms with Crippen molar-refractivity contribution in [2.45, 2.75) is 6.54 Å². The summed E-state index contributed by atoms with van der Waals surface area (Å²) < 4.78 is 7.58. The molecule has 0 bridgehead atoms. The molecule has 0 aromatic carbocycles. The van der Waals surface area contributed by atoms with Crippen LogP contribution in [0.2, 0.25) is 0 Å². The molecular weight excluding hydrogens is 266 g/mol. The lowest BCUT2D eigenvalue weighted by Gasteiger charge is -2.02. The lowest BCUT2D eigenvalue weighted by atomic mass is 10.3. The predicted molar refractivity (Wildman–Crippen MR) is 70.9 cm³/mol. The van der Waals surface area contributed by atoms with Crippen molar-refractivity contribution in [2.75, 3.05) is 0 Å². The summed E-state index contributed by atoms with van der Waals surface area (Å²) in [4.78, 5) is 22.9. The van der Waals surface area contributed by atoms with Gasteiger partial charge in [-0.3, -0.25) is 4.79 Å². The molecular formula is C13H9NO4S. The zero-order chi connectivity index (χ0) is 13.4. The van der Waals surface area contributed by atoms with Gasteiger partial charge in [0.1, 0.15) is 12.0 Å². The average Bonchev–Trinajstić information content (AvgIpc) is 3.01. The first-order valence-corrected chi connectivity index (χ1v) is 6.40. The monoisotopic (exact) mass is 275 g/mol. The summed E-state index contributed by atoms with van der Waals surface area (Å²) in [5, 5.41) is 11.3. The number of thiophene rings is 1. The zero-order valence-corrected chi connectivity index (χ0v) is 10.5. The van der Waals surface area contributed by atoms with Gasteiger partial charge >= 0.3 is 5.97 Å². The van der Waals surface area contributed by atoms with Crippen LogP contribution in [0.1, 0.15) is 16.1 Å². The molecule has 96 valence electrons. The topological polar surface area (TPSA) is 72.4 Å². The molecule has 0 atom stereocenters. The van der Waals surface area contributed by atoms with E-state index in [4.69, 9.17) is 9.52 Å². The molecule has 0 aliphatic rings. The van der Waals surface area contributed by atoms with Crippen LogP contribution >= 0.6 is 11.3 Å². The van der Waals surface area contributed by atoms with Gasteiger partial charge in [-0.15, -0.1) is 11.3 Å². The summed E-state index contributed by atoms with van der Waals surface area (Å²) in [5.41, 5.74) is -0.0216. The SMILES string of the molecule is O=C(O)c1coc(Cn2ccc3sccc3c2=O)c1. The third-order valence-corrected chi connectivity index (χ3v) is 3.70. The van der Waals surface area contributed by atoms with Gasteiger partial charge in [-0.25, -0.2) is 4.79 Å². The zero-order valence-electron chi connectivity index (χ0n) is 9.70. The van der Waals surface area contributed by atoms with Crippen LogP contribution in [0.3, 0.4) is 0 Å². The minimum Gasteiger partial charge on any atom is -0.478 e. The molecule has 5 nitrogen and oxygen atoms in total. The van der Waals surface area contributed by atoms with Crippen LogP contribution in [-0.4, -0.2) is 15.6 Å². The normalized spacial score (nSPS) is 10.9. The van der Waals surface area contributed by atoms with Crippen LogP contribution in [-0.2, 0) is 6.54 Å². The Hall–Kier alpha value is -2.34. The number of carboxylic acid groups (broad SMARTS) is 1. The number of aromatic carboxylic acids is 1. The Morgan fingerprint density at radius 3 is 3.00 bits per heavy atom. The van der Waals surface area contributed by atoms with Gasteiger partial charge in [0, 0.05) is 10.9 Å². The molecule has 6 heteroatoms. The highest BCUT2D eigenvalue weighted by molar-refractivity contribution is 7.17. The second kappa shape index (κ2) is 4.40. The van der Waals surface area contributed by atoms with E-state index in [-0.39, 0.29) is 17.7 Å². The first kappa shape index (κ1) is 11.7. The Balaban J connectivity index is 1.98. The summed E-state index contributed by atoms with van der Waals surface area (Å²) in [6.07, 6.45) is 2.86. The molecule has 0 saturated heterocycles. The molecule has 0 fully saturated rings. The van der Waals surface area contributed by atoms with Crippen molar-refractivity contribution < 1.29 is 14.3 Å². The fourth-order valence-electron chi connectivity index (χ4n) is 1.87. The van der Waals surface area contributed by atoms with Gasteiger partial charge < -0.3 is 14.1 Å². The first-order valence-electron chi connectivity index (χ1n) is 5.52. The molecule has 3 heterocycles. The van der Waals surface area contributed by atoms with Crippen molar-refractivity contribution in [3.8, 4) is 0 Å². The molecule has 0 aliphatic heterocycles. The number of hydrogen-bond donors (Lipinski definition) is 1. The number of hydrogen-bond acceptors (Lipinski definition) is 4. The van der Waals surface area contributed by atoms with Crippen LogP contribution in [0, 0.1) is 0 Å². The average molecular weight is 275 g/mol. The minimum absolute atomic E-state index is 0.0830. The van der Waals surface area contributed by atoms with Crippen molar-refractivity contribution in [3.63, 3.8) is 0 Å². The molecule has 1 N–H and O–H groups in total. The Kier molecular flexibility index (Phi) is 2.72. The number of furan rings is 1. The first-order chi connectivity index (χ1) is 9.15. The highest BCUT2D eigenvalue weighted by Gasteiger charge is 2.10. The molecule has 0 unspecified atom stereocenters. The van der Waals surface area contributed by atoms with E-state index in [0.717, 1.165) is 4.70 Å². The van der Waals surface area contributed by atoms with E-state index in [9.17, 15) is 9.59 Å². The molecule has 19 heavy (non-hydrogen) atoms. The van der Waals surface area contributed by atoms with Crippen molar-refractivity contribution in [2.24, 2.45) is 0 Å². The maximum atomic E-state index is 12.1. The van der Waals surface area contributed by atoms with E-state index in [1.165, 1.54) is 28.2 Å². The van der Waals surface area contributed by atoms with Gasteiger partial charge in [0.15, 0.2) is 0 Å². The van der Waals surface area contributed by atoms with Crippen LogP contribution in [0.4, 0.5) is 0 Å². The quantitative estimate of drug-likeness (QED) is 0.796. The molecule has 0 saturated carbocycles. The van der Waals surface area contributed by atoms with Crippen molar-refractivity contribution in [1.29, 1.82) is 0 Å². The maximum Gasteiger partial charge on any atom is 0.338 e. The Morgan fingerprint density at radius 1 is 1.42 bits per heavy atom. The van der Waals surface area contributed by atoms with Crippen LogP contribution in [0.25, 0.3) is 10.1 Å². The highest BCUT2D eigenvalue weighted by atomic mass is 32.1. The Labute approximate surface area is 111 Å². The van der Waals surface area contributed by atoms with E-state index >= 15 is 0 Å². The number of aromatic nitrogens is 1. The third kappa shape index (κ3) is 2.06. The summed E-state index contributed by atoms with van der Waals surface area (Å²) >= 11 is 1.51. The van der Waals surface area contributed by atoms with E-state index in [0.29, 0.717) is 11.1 Å². The predicted octanol–water partition coefficient (Wildman–Crippen LogP) is 2.40. The second-order valence-corrected chi connectivity index (χ2v) is 5.00. The molecule has 3 aromatic heterocycles. The Bertz CT molecular complexity index is 811. The van der Waals surface area contributed by atoms with Crippen LogP contribution < -0.4 is 5.56 Å². The summed E-state index contributed by atoms with van der Waals surface area (Å²) in [7, 11) is 0. The summed E-state index contributed by atoms with van der Waals surface area (Å²) in [5.74, 6) is -0.607. The van der Waals surface area contributed by atoms with E-state index in [2.05, 4.69) is 0 Å². The van der Waals surface area contributed by atoms with Gasteiger partial charge in [-0.05, 0) is 23.6 Å². The van der Waals surface area contributed by atoms with Crippen LogP contribution in [0.15, 0.2) is 45.3 Å². The lowest BCUT2D eigenvalue weighted by molar-refractivity contribution is 0.0696. The van der Waals surface area contributed by atoms with Crippen molar-refractivity contribution in [3.05, 3.63) is 57.7 Å². The molecule has 3 rings (SSSR count). The molecule has 3 aromatic rings. The van der Waals surface area contributed by atoms with Gasteiger partial charge in [0.25, 0.3) is 5.56 Å². The third-order valence-electron chi connectivity index (χ3n) is 2.82. The van der Waals surface area contributed by atoms with E-state index in [1.807, 2.05) is 11.4 Å². The molecule has 0 amide bonds. The number of carboxylic acids is 1. The van der Waals surface area contributed by atoms with Crippen LogP contribution in [0.5, 0.6) is 0 Å². The number of pyridine rings is 1. The van der Waals surface area contributed by atoms with E-state index < -0.39 is 5.97 Å². The number of carbonyl (C=O) groups is 1. The number of nitrogens with zero attached hydrogens (tertiary/aromatic N) is 1. The van der Waals surface area contributed by atoms with Gasteiger partial charge in [0.2, 0.25) is 0 Å². The van der Waals surface area contributed by atoms with Gasteiger partial charge in [0.05, 0.1) is 17.5 Å². The lowest BCUT2D eigenvalue weighted by Crippen LogP contribution is -2.19. The smallest absolute Gasteiger partial charge is 0.338 e. The summed E-state index contributed by atoms with van der Waals surface area (Å²) in [6, 6.07) is 5.07. The van der Waals surface area contributed by atoms with Gasteiger partial charge in [-0.2, -0.15) is 0 Å². The number of fused-ring (bicyclic) bond motifs is 1. The van der Waals surface area contributed by atoms with Gasteiger partial charge in [-0.1, -0.05) is 0 Å². The fourth-order valence-corrected chi connectivity index (χ4v) is 2.65. The second-order valence-electron chi connectivity index (χ2n) is 4.05.